The van der Waals surface area contributed by atoms with Gasteiger partial charge in [0.15, 0.2) is 11.5 Å². The van der Waals surface area contributed by atoms with Crippen LogP contribution in [0, 0.1) is 13.8 Å². The molecule has 1 saturated heterocycles. The lowest BCUT2D eigenvalue weighted by atomic mass is 9.94. The number of amides is 1. The van der Waals surface area contributed by atoms with Crippen LogP contribution in [0.15, 0.2) is 72.4 Å². The first-order valence-electron chi connectivity index (χ1n) is 12.2. The Kier molecular flexibility index (Phi) is 5.30. The van der Waals surface area contributed by atoms with E-state index in [0.717, 1.165) is 27.6 Å². The Morgan fingerprint density at radius 3 is 2.46 bits per heavy atom. The minimum Gasteiger partial charge on any atom is -0.507 e. The fourth-order valence-electron chi connectivity index (χ4n) is 5.21. The van der Waals surface area contributed by atoms with Crippen molar-refractivity contribution in [1.29, 1.82) is 0 Å². The predicted octanol–water partition coefficient (Wildman–Crippen LogP) is 5.19. The highest BCUT2D eigenvalue weighted by Gasteiger charge is 2.48. The van der Waals surface area contributed by atoms with E-state index in [1.165, 1.54) is 4.90 Å². The molecule has 7 nitrogen and oxygen atoms in total. The van der Waals surface area contributed by atoms with Crippen molar-refractivity contribution in [1.82, 2.24) is 4.57 Å². The molecule has 0 radical (unpaired) electrons. The smallest absolute Gasteiger partial charge is 0.300 e. The molecule has 2 aliphatic heterocycles. The van der Waals surface area contributed by atoms with Crippen molar-refractivity contribution in [3.05, 3.63) is 94.7 Å². The number of aryl methyl sites for hydroxylation is 3. The Morgan fingerprint density at radius 1 is 0.919 bits per heavy atom. The maximum atomic E-state index is 13.6. The number of aliphatic hydroxyl groups is 1. The zero-order valence-corrected chi connectivity index (χ0v) is 20.8. The van der Waals surface area contributed by atoms with E-state index in [1.807, 2.05) is 74.1 Å². The molecule has 1 fully saturated rings. The number of benzene rings is 3. The summed E-state index contributed by atoms with van der Waals surface area (Å²) in [6.45, 7) is 4.81. The van der Waals surface area contributed by atoms with Crippen LogP contribution in [-0.2, 0) is 16.6 Å². The molecule has 0 aliphatic carbocycles. The van der Waals surface area contributed by atoms with Crippen LogP contribution in [0.5, 0.6) is 11.5 Å². The number of para-hydroxylation sites is 1. The van der Waals surface area contributed by atoms with Crippen molar-refractivity contribution < 1.29 is 24.2 Å². The number of aromatic nitrogens is 1. The molecule has 1 aromatic heterocycles. The second-order valence-corrected chi connectivity index (χ2v) is 9.51. The SMILES string of the molecule is Cc1ccc(N2C(=O)C(=O)/C(=C(/O)c3ccc4c(c3)OCCO4)C2c2cn(C)c3ccccc23)cc1C. The molecule has 1 N–H and O–H groups in total. The van der Waals surface area contributed by atoms with Crippen molar-refractivity contribution in [2.75, 3.05) is 18.1 Å². The molecule has 3 heterocycles. The molecule has 186 valence electrons. The lowest BCUT2D eigenvalue weighted by Gasteiger charge is -2.26. The lowest BCUT2D eigenvalue weighted by Crippen LogP contribution is -2.29. The Hall–Kier alpha value is -4.52. The zero-order chi connectivity index (χ0) is 25.8. The molecular formula is C30H26N2O5. The van der Waals surface area contributed by atoms with Gasteiger partial charge in [-0.1, -0.05) is 24.3 Å². The largest absolute Gasteiger partial charge is 0.507 e. The van der Waals surface area contributed by atoms with Gasteiger partial charge in [-0.3, -0.25) is 14.5 Å². The molecule has 2 aliphatic rings. The molecule has 0 spiro atoms. The van der Waals surface area contributed by atoms with E-state index in [4.69, 9.17) is 9.47 Å². The number of carbonyl (C=O) groups excluding carboxylic acids is 2. The van der Waals surface area contributed by atoms with Gasteiger partial charge in [-0.25, -0.2) is 0 Å². The second-order valence-electron chi connectivity index (χ2n) is 9.51. The first-order valence-corrected chi connectivity index (χ1v) is 12.2. The first-order chi connectivity index (χ1) is 17.8. The van der Waals surface area contributed by atoms with Gasteiger partial charge < -0.3 is 19.1 Å². The van der Waals surface area contributed by atoms with Crippen LogP contribution < -0.4 is 14.4 Å². The van der Waals surface area contributed by atoms with Crippen molar-refractivity contribution in [3.63, 3.8) is 0 Å². The monoisotopic (exact) mass is 494 g/mol. The number of Topliss-reactive ketones (excluding diaryl/α,β-unsaturated/α-hetero) is 1. The molecular weight excluding hydrogens is 468 g/mol. The van der Waals surface area contributed by atoms with Gasteiger partial charge in [0.2, 0.25) is 0 Å². The van der Waals surface area contributed by atoms with Crippen LogP contribution in [0.25, 0.3) is 16.7 Å². The first kappa shape index (κ1) is 22.9. The minimum absolute atomic E-state index is 0.0382. The highest BCUT2D eigenvalue weighted by atomic mass is 16.6. The molecule has 1 atom stereocenters. The molecule has 3 aromatic carbocycles. The number of ketones is 1. The quantitative estimate of drug-likeness (QED) is 0.241. The van der Waals surface area contributed by atoms with E-state index >= 15 is 0 Å². The van der Waals surface area contributed by atoms with Crippen LogP contribution in [0.1, 0.15) is 28.3 Å². The number of fused-ring (bicyclic) bond motifs is 2. The summed E-state index contributed by atoms with van der Waals surface area (Å²) in [7, 11) is 1.93. The Labute approximate surface area is 214 Å². The Morgan fingerprint density at radius 2 is 1.68 bits per heavy atom. The maximum Gasteiger partial charge on any atom is 0.300 e. The number of aliphatic hydroxyl groups excluding tert-OH is 1. The van der Waals surface area contributed by atoms with E-state index in [0.29, 0.717) is 36.0 Å². The lowest BCUT2D eigenvalue weighted by molar-refractivity contribution is -0.132. The summed E-state index contributed by atoms with van der Waals surface area (Å²) in [5.74, 6) is -0.604. The molecule has 1 unspecified atom stereocenters. The van der Waals surface area contributed by atoms with Crippen molar-refractivity contribution in [2.45, 2.75) is 19.9 Å². The van der Waals surface area contributed by atoms with Gasteiger partial charge >= 0.3 is 0 Å². The van der Waals surface area contributed by atoms with Gasteiger partial charge in [0.25, 0.3) is 11.7 Å². The van der Waals surface area contributed by atoms with E-state index in [2.05, 4.69) is 0 Å². The van der Waals surface area contributed by atoms with Gasteiger partial charge in [0.05, 0.1) is 11.6 Å². The fraction of sp³-hybridized carbons (Fsp3) is 0.200. The second kappa shape index (κ2) is 8.55. The van der Waals surface area contributed by atoms with E-state index in [9.17, 15) is 14.7 Å². The Balaban J connectivity index is 1.60. The van der Waals surface area contributed by atoms with Gasteiger partial charge in [0.1, 0.15) is 19.0 Å². The van der Waals surface area contributed by atoms with Crippen LogP contribution in [0.3, 0.4) is 0 Å². The maximum absolute atomic E-state index is 13.6. The van der Waals surface area contributed by atoms with Gasteiger partial charge in [-0.15, -0.1) is 0 Å². The number of hydrogen-bond donors (Lipinski definition) is 1. The summed E-state index contributed by atoms with van der Waals surface area (Å²) in [6, 6.07) is 17.7. The summed E-state index contributed by atoms with van der Waals surface area (Å²) in [5, 5.41) is 12.5. The third-order valence-electron chi connectivity index (χ3n) is 7.25. The van der Waals surface area contributed by atoms with Gasteiger partial charge in [0, 0.05) is 41.0 Å². The standard InChI is InChI=1S/C30H26N2O5/c1-17-8-10-20(14-18(17)2)32-27(22-16-31(3)23-7-5-4-6-21(22)23)26(29(34)30(32)35)28(33)19-9-11-24-25(15-19)37-13-12-36-24/h4-11,14-16,27,33H,12-13H2,1-3H3/b28-26+. The number of anilines is 1. The molecule has 37 heavy (non-hydrogen) atoms. The summed E-state index contributed by atoms with van der Waals surface area (Å²) < 4.78 is 13.3. The number of rotatable bonds is 3. The molecule has 1 amide bonds. The fourth-order valence-corrected chi connectivity index (χ4v) is 5.21. The number of nitrogens with zero attached hydrogens (tertiary/aromatic N) is 2. The van der Waals surface area contributed by atoms with Crippen LogP contribution in [-0.4, -0.2) is 34.6 Å². The number of hydrogen-bond acceptors (Lipinski definition) is 5. The Bertz CT molecular complexity index is 1630. The van der Waals surface area contributed by atoms with Crippen molar-refractivity contribution in [2.24, 2.45) is 7.05 Å². The average Bonchev–Trinajstić information content (AvgIpc) is 3.38. The summed E-state index contributed by atoms with van der Waals surface area (Å²) in [4.78, 5) is 28.7. The van der Waals surface area contributed by atoms with Gasteiger partial charge in [-0.2, -0.15) is 0 Å². The summed E-state index contributed by atoms with van der Waals surface area (Å²) in [5.41, 5.74) is 4.83. The van der Waals surface area contributed by atoms with Gasteiger partial charge in [-0.05, 0) is 61.4 Å². The van der Waals surface area contributed by atoms with Crippen molar-refractivity contribution >= 4 is 34.0 Å². The highest BCUT2D eigenvalue weighted by Crippen LogP contribution is 2.45. The minimum atomic E-state index is -0.818. The van der Waals surface area contributed by atoms with E-state index in [1.54, 1.807) is 18.2 Å². The summed E-state index contributed by atoms with van der Waals surface area (Å²) in [6.07, 6.45) is 1.92. The van der Waals surface area contributed by atoms with Crippen LogP contribution >= 0.6 is 0 Å². The normalized spacial score (nSPS) is 18.6. The average molecular weight is 495 g/mol. The molecule has 6 rings (SSSR count). The summed E-state index contributed by atoms with van der Waals surface area (Å²) >= 11 is 0. The molecule has 7 heteroatoms. The van der Waals surface area contributed by atoms with Crippen molar-refractivity contribution in [3.8, 4) is 11.5 Å². The number of ether oxygens (including phenoxy) is 2. The highest BCUT2D eigenvalue weighted by molar-refractivity contribution is 6.52. The molecule has 0 saturated carbocycles. The van der Waals surface area contributed by atoms with Crippen LogP contribution in [0.2, 0.25) is 0 Å². The van der Waals surface area contributed by atoms with Crippen LogP contribution in [0.4, 0.5) is 5.69 Å². The molecule has 4 aromatic rings. The third-order valence-corrected chi connectivity index (χ3v) is 7.25. The topological polar surface area (TPSA) is 81.0 Å². The molecule has 0 bridgehead atoms. The predicted molar refractivity (Wildman–Crippen MR) is 141 cm³/mol. The van der Waals surface area contributed by atoms with E-state index < -0.39 is 17.7 Å². The number of carbonyl (C=O) groups is 2. The third kappa shape index (κ3) is 3.57. The zero-order valence-electron chi connectivity index (χ0n) is 20.8. The van der Waals surface area contributed by atoms with E-state index in [-0.39, 0.29) is 11.3 Å².